The van der Waals surface area contributed by atoms with E-state index in [0.29, 0.717) is 34.3 Å². The van der Waals surface area contributed by atoms with Crippen LogP contribution in [0.3, 0.4) is 0 Å². The number of ether oxygens (including phenoxy) is 1. The first-order valence-corrected chi connectivity index (χ1v) is 12.5. The number of nitrogens with zero attached hydrogens (tertiary/aromatic N) is 2. The monoisotopic (exact) mass is 531 g/mol. The molecule has 0 saturated carbocycles. The zero-order valence-electron chi connectivity index (χ0n) is 21.3. The summed E-state index contributed by atoms with van der Waals surface area (Å²) < 4.78 is 5.95. The number of hydrazone groups is 1. The van der Waals surface area contributed by atoms with Gasteiger partial charge in [0.25, 0.3) is 17.4 Å². The average Bonchev–Trinajstić information content (AvgIpc) is 3.01. The molecule has 0 aliphatic rings. The lowest BCUT2D eigenvalue weighted by Crippen LogP contribution is -2.40. The van der Waals surface area contributed by atoms with Crippen molar-refractivity contribution in [2.75, 3.05) is 0 Å². The number of aromatic nitrogens is 2. The lowest BCUT2D eigenvalue weighted by Gasteiger charge is -2.18. The number of aromatic amines is 1. The number of H-pyrrole nitrogens is 1. The molecule has 0 aliphatic carbocycles. The Morgan fingerprint density at radius 1 is 0.850 bits per heavy atom. The molecule has 1 atom stereocenters. The summed E-state index contributed by atoms with van der Waals surface area (Å²) >= 11 is 0. The summed E-state index contributed by atoms with van der Waals surface area (Å²) in [5.74, 6) is -0.541. The van der Waals surface area contributed by atoms with Gasteiger partial charge in [0.15, 0.2) is 6.04 Å². The summed E-state index contributed by atoms with van der Waals surface area (Å²) in [5, 5.41) is 14.2. The van der Waals surface area contributed by atoms with Crippen molar-refractivity contribution < 1.29 is 14.3 Å². The van der Waals surface area contributed by atoms with Crippen molar-refractivity contribution in [3.8, 4) is 5.75 Å². The van der Waals surface area contributed by atoms with Crippen LogP contribution < -0.4 is 21.0 Å². The van der Waals surface area contributed by atoms with Crippen LogP contribution in [0.15, 0.2) is 119 Å². The molecule has 1 heterocycles. The third kappa shape index (κ3) is 6.11. The molecule has 0 unspecified atom stereocenters. The van der Waals surface area contributed by atoms with E-state index in [-0.39, 0.29) is 5.69 Å². The van der Waals surface area contributed by atoms with E-state index < -0.39 is 23.4 Å². The molecule has 1 aromatic heterocycles. The lowest BCUT2D eigenvalue weighted by atomic mass is 10.0. The Balaban J connectivity index is 1.39. The predicted molar refractivity (Wildman–Crippen MR) is 152 cm³/mol. The van der Waals surface area contributed by atoms with Crippen LogP contribution in [0.4, 0.5) is 0 Å². The third-order valence-electron chi connectivity index (χ3n) is 6.11. The van der Waals surface area contributed by atoms with Crippen LogP contribution in [-0.2, 0) is 11.4 Å². The summed E-state index contributed by atoms with van der Waals surface area (Å²) in [4.78, 5) is 38.8. The first-order chi connectivity index (χ1) is 19.6. The predicted octanol–water partition coefficient (Wildman–Crippen LogP) is 4.12. The fourth-order valence-corrected chi connectivity index (χ4v) is 4.10. The minimum atomic E-state index is -1.25. The summed E-state index contributed by atoms with van der Waals surface area (Å²) in [6, 6.07) is 31.0. The normalized spacial score (nSPS) is 11.7. The number of amides is 2. The maximum atomic E-state index is 13.4. The van der Waals surface area contributed by atoms with Crippen molar-refractivity contribution in [1.29, 1.82) is 0 Å². The van der Waals surface area contributed by atoms with Gasteiger partial charge in [0.2, 0.25) is 0 Å². The number of benzene rings is 4. The number of carbonyl (C=O) groups is 2. The number of nitrogens with one attached hydrogen (secondary N) is 3. The van der Waals surface area contributed by atoms with Crippen LogP contribution >= 0.6 is 0 Å². The third-order valence-corrected chi connectivity index (χ3v) is 6.11. The maximum absolute atomic E-state index is 13.4. The minimum Gasteiger partial charge on any atom is -0.488 e. The van der Waals surface area contributed by atoms with Crippen LogP contribution in [0.1, 0.15) is 33.2 Å². The number of rotatable bonds is 9. The lowest BCUT2D eigenvalue weighted by molar-refractivity contribution is -0.123. The van der Waals surface area contributed by atoms with Crippen molar-refractivity contribution in [3.05, 3.63) is 142 Å². The molecule has 9 nitrogen and oxygen atoms in total. The van der Waals surface area contributed by atoms with E-state index >= 15 is 0 Å². The van der Waals surface area contributed by atoms with Crippen LogP contribution in [-0.4, -0.2) is 28.2 Å². The van der Waals surface area contributed by atoms with E-state index in [1.54, 1.807) is 54.6 Å². The molecule has 9 heteroatoms. The highest BCUT2D eigenvalue weighted by atomic mass is 16.5. The fraction of sp³-hybridized carbons (Fsp3) is 0.0645. The van der Waals surface area contributed by atoms with Crippen LogP contribution in [0.5, 0.6) is 5.75 Å². The molecule has 198 valence electrons. The van der Waals surface area contributed by atoms with E-state index in [0.717, 1.165) is 5.56 Å². The van der Waals surface area contributed by atoms with Crippen LogP contribution in [0, 0.1) is 0 Å². The largest absolute Gasteiger partial charge is 0.488 e. The molecule has 0 fully saturated rings. The highest BCUT2D eigenvalue weighted by molar-refractivity contribution is 5.99. The van der Waals surface area contributed by atoms with Gasteiger partial charge in [0.1, 0.15) is 18.1 Å². The van der Waals surface area contributed by atoms with Crippen molar-refractivity contribution >= 4 is 28.8 Å². The zero-order chi connectivity index (χ0) is 27.7. The highest BCUT2D eigenvalue weighted by Crippen LogP contribution is 2.21. The number of hydrogen-bond acceptors (Lipinski definition) is 6. The van der Waals surface area contributed by atoms with Crippen molar-refractivity contribution in [3.63, 3.8) is 0 Å². The molecule has 40 heavy (non-hydrogen) atoms. The molecule has 3 N–H and O–H groups in total. The molecule has 0 spiro atoms. The van der Waals surface area contributed by atoms with E-state index in [1.165, 1.54) is 6.21 Å². The first-order valence-electron chi connectivity index (χ1n) is 12.5. The second-order valence-electron chi connectivity index (χ2n) is 8.80. The van der Waals surface area contributed by atoms with Crippen LogP contribution in [0.2, 0.25) is 0 Å². The smallest absolute Gasteiger partial charge is 0.272 e. The number of para-hydroxylation sites is 1. The molecular weight excluding hydrogens is 506 g/mol. The van der Waals surface area contributed by atoms with Gasteiger partial charge in [-0.15, -0.1) is 0 Å². The zero-order valence-corrected chi connectivity index (χ0v) is 21.3. The summed E-state index contributed by atoms with van der Waals surface area (Å²) in [7, 11) is 0. The van der Waals surface area contributed by atoms with E-state index in [9.17, 15) is 14.4 Å². The van der Waals surface area contributed by atoms with Crippen molar-refractivity contribution in [1.82, 2.24) is 20.9 Å². The summed E-state index contributed by atoms with van der Waals surface area (Å²) in [5.41, 5.74) is 4.30. The van der Waals surface area contributed by atoms with Gasteiger partial charge in [-0.3, -0.25) is 14.4 Å². The Bertz CT molecular complexity index is 1720. The standard InChI is InChI=1S/C31H25N5O4/c37-29(22-13-5-2-6-14-22)33-28(27-24-16-8-9-17-25(24)30(38)36-34-27)31(39)35-32-19-23-15-7-10-18-26(23)40-20-21-11-3-1-4-12-21/h1-19,28H,20H2,(H,33,37)(H,35,39)(H,36,38)/b32-19+/t28-/m0/s1. The van der Waals surface area contributed by atoms with E-state index in [2.05, 4.69) is 26.0 Å². The second kappa shape index (κ2) is 12.3. The molecule has 0 saturated heterocycles. The SMILES string of the molecule is O=C(N[C@H](C(=O)N/N=C/c1ccccc1OCc1ccccc1)c1n[nH]c(=O)c2ccccc12)c1ccccc1. The Kier molecular flexibility index (Phi) is 8.02. The molecule has 2 amide bonds. The first kappa shape index (κ1) is 26.1. The van der Waals surface area contributed by atoms with Gasteiger partial charge in [-0.05, 0) is 35.9 Å². The Morgan fingerprint density at radius 2 is 1.50 bits per heavy atom. The van der Waals surface area contributed by atoms with Gasteiger partial charge in [0.05, 0.1) is 11.6 Å². The second-order valence-corrected chi connectivity index (χ2v) is 8.80. The number of hydrogen-bond donors (Lipinski definition) is 3. The van der Waals surface area contributed by atoms with E-state index in [1.807, 2.05) is 54.6 Å². The Hall–Kier alpha value is -5.57. The quantitative estimate of drug-likeness (QED) is 0.195. The van der Waals surface area contributed by atoms with E-state index in [4.69, 9.17) is 4.74 Å². The average molecular weight is 532 g/mol. The van der Waals surface area contributed by atoms with Crippen molar-refractivity contribution in [2.45, 2.75) is 12.6 Å². The molecule has 0 aliphatic heterocycles. The molecular formula is C31H25N5O4. The molecule has 5 aromatic rings. The molecule has 0 radical (unpaired) electrons. The molecule has 0 bridgehead atoms. The van der Waals surface area contributed by atoms with Gasteiger partial charge in [-0.2, -0.15) is 10.2 Å². The van der Waals surface area contributed by atoms with Gasteiger partial charge < -0.3 is 10.1 Å². The minimum absolute atomic E-state index is 0.179. The highest BCUT2D eigenvalue weighted by Gasteiger charge is 2.27. The van der Waals surface area contributed by atoms with Gasteiger partial charge >= 0.3 is 0 Å². The van der Waals surface area contributed by atoms with Gasteiger partial charge in [0, 0.05) is 16.5 Å². The molecule has 4 aromatic carbocycles. The maximum Gasteiger partial charge on any atom is 0.272 e. The topological polar surface area (TPSA) is 126 Å². The fourth-order valence-electron chi connectivity index (χ4n) is 4.10. The summed E-state index contributed by atoms with van der Waals surface area (Å²) in [6.45, 7) is 0.372. The number of fused-ring (bicyclic) bond motifs is 1. The molecule has 5 rings (SSSR count). The van der Waals surface area contributed by atoms with Crippen molar-refractivity contribution in [2.24, 2.45) is 5.10 Å². The Morgan fingerprint density at radius 3 is 2.27 bits per heavy atom. The van der Waals surface area contributed by atoms with Gasteiger partial charge in [-0.1, -0.05) is 78.9 Å². The van der Waals surface area contributed by atoms with Crippen LogP contribution in [0.25, 0.3) is 10.8 Å². The number of carbonyl (C=O) groups excluding carboxylic acids is 2. The van der Waals surface area contributed by atoms with Gasteiger partial charge in [-0.25, -0.2) is 10.5 Å². The Labute approximate surface area is 229 Å². The summed E-state index contributed by atoms with van der Waals surface area (Å²) in [6.07, 6.45) is 1.46.